The molecule has 1 aliphatic carbocycles. The van der Waals surface area contributed by atoms with Crippen LogP contribution in [-0.2, 0) is 4.79 Å². The fourth-order valence-corrected chi connectivity index (χ4v) is 2.56. The van der Waals surface area contributed by atoms with E-state index in [1.807, 2.05) is 0 Å². The Morgan fingerprint density at radius 1 is 1.50 bits per heavy atom. The molecule has 3 atom stereocenters. The summed E-state index contributed by atoms with van der Waals surface area (Å²) in [6, 6.07) is 0.0805. The Labute approximate surface area is 98.6 Å². The van der Waals surface area contributed by atoms with Gasteiger partial charge in [0.1, 0.15) is 6.04 Å². The number of carboxylic acid groups (broad SMARTS) is 1. The lowest BCUT2D eigenvalue weighted by Crippen LogP contribution is -2.45. The molecule has 0 amide bonds. The first-order valence-electron chi connectivity index (χ1n) is 6.62. The van der Waals surface area contributed by atoms with E-state index in [0.29, 0.717) is 6.04 Å². The summed E-state index contributed by atoms with van der Waals surface area (Å²) >= 11 is 0. The number of nitrogens with one attached hydrogen (secondary N) is 1. The molecule has 0 radical (unpaired) electrons. The van der Waals surface area contributed by atoms with Crippen LogP contribution in [0.5, 0.6) is 0 Å². The molecule has 3 unspecified atom stereocenters. The third kappa shape index (κ3) is 4.52. The molecule has 0 aromatic heterocycles. The highest BCUT2D eigenvalue weighted by atomic mass is 16.4. The molecule has 0 aromatic carbocycles. The highest BCUT2D eigenvalue weighted by Gasteiger charge is 2.24. The summed E-state index contributed by atoms with van der Waals surface area (Å²) in [6.45, 7) is 4.36. The first-order valence-corrected chi connectivity index (χ1v) is 6.62. The van der Waals surface area contributed by atoms with Crippen LogP contribution in [0.3, 0.4) is 0 Å². The van der Waals surface area contributed by atoms with E-state index in [4.69, 9.17) is 5.11 Å². The second-order valence-electron chi connectivity index (χ2n) is 5.17. The minimum absolute atomic E-state index is 0.338. The van der Waals surface area contributed by atoms with Crippen molar-refractivity contribution in [1.82, 2.24) is 5.32 Å². The average Bonchev–Trinajstić information content (AvgIpc) is 2.24. The number of hydrogen-bond acceptors (Lipinski definition) is 2. The Bertz CT molecular complexity index is 218. The third-order valence-electron chi connectivity index (χ3n) is 3.52. The topological polar surface area (TPSA) is 49.3 Å². The van der Waals surface area contributed by atoms with Crippen LogP contribution in [0.15, 0.2) is 0 Å². The zero-order valence-electron chi connectivity index (χ0n) is 10.5. The van der Waals surface area contributed by atoms with Gasteiger partial charge < -0.3 is 10.4 Å². The van der Waals surface area contributed by atoms with Gasteiger partial charge in [-0.3, -0.25) is 4.79 Å². The molecule has 2 N–H and O–H groups in total. The summed E-state index contributed by atoms with van der Waals surface area (Å²) in [5.41, 5.74) is 0. The van der Waals surface area contributed by atoms with E-state index < -0.39 is 5.97 Å². The van der Waals surface area contributed by atoms with Crippen LogP contribution in [0.1, 0.15) is 58.8 Å². The van der Waals surface area contributed by atoms with Crippen molar-refractivity contribution in [2.75, 3.05) is 0 Å². The van der Waals surface area contributed by atoms with Crippen LogP contribution in [0.4, 0.5) is 0 Å². The fourth-order valence-electron chi connectivity index (χ4n) is 2.56. The van der Waals surface area contributed by atoms with Gasteiger partial charge in [0, 0.05) is 6.04 Å². The highest BCUT2D eigenvalue weighted by Crippen LogP contribution is 2.24. The number of rotatable bonds is 6. The van der Waals surface area contributed by atoms with Crippen molar-refractivity contribution in [2.24, 2.45) is 5.92 Å². The first kappa shape index (κ1) is 13.5. The van der Waals surface area contributed by atoms with Crippen molar-refractivity contribution < 1.29 is 9.90 Å². The minimum Gasteiger partial charge on any atom is -0.480 e. The molecule has 0 aromatic rings. The van der Waals surface area contributed by atoms with Crippen LogP contribution in [0.2, 0.25) is 0 Å². The van der Waals surface area contributed by atoms with E-state index in [1.165, 1.54) is 12.8 Å². The van der Waals surface area contributed by atoms with E-state index in [0.717, 1.165) is 38.0 Å². The molecule has 94 valence electrons. The third-order valence-corrected chi connectivity index (χ3v) is 3.52. The van der Waals surface area contributed by atoms with Gasteiger partial charge >= 0.3 is 5.97 Å². The van der Waals surface area contributed by atoms with Crippen LogP contribution < -0.4 is 5.32 Å². The monoisotopic (exact) mass is 227 g/mol. The number of hydrogen-bond donors (Lipinski definition) is 2. The van der Waals surface area contributed by atoms with Crippen LogP contribution in [-0.4, -0.2) is 23.2 Å². The molecule has 1 saturated carbocycles. The lowest BCUT2D eigenvalue weighted by atomic mass is 9.86. The Hall–Kier alpha value is -0.570. The van der Waals surface area contributed by atoms with E-state index >= 15 is 0 Å². The van der Waals surface area contributed by atoms with Crippen molar-refractivity contribution in [3.8, 4) is 0 Å². The van der Waals surface area contributed by atoms with Gasteiger partial charge in [0.05, 0.1) is 0 Å². The standard InChI is InChI=1S/C13H25NO2/c1-3-4-8-12(13(15)16)14-11-7-5-6-10(2)9-11/h10-12,14H,3-9H2,1-2H3,(H,15,16). The Balaban J connectivity index is 2.37. The van der Waals surface area contributed by atoms with Gasteiger partial charge in [0.25, 0.3) is 0 Å². The predicted octanol–water partition coefficient (Wildman–Crippen LogP) is 2.80. The van der Waals surface area contributed by atoms with E-state index in [1.54, 1.807) is 0 Å². The van der Waals surface area contributed by atoms with Gasteiger partial charge in [0.2, 0.25) is 0 Å². The predicted molar refractivity (Wildman–Crippen MR) is 65.5 cm³/mol. The van der Waals surface area contributed by atoms with Gasteiger partial charge in [0.15, 0.2) is 0 Å². The van der Waals surface area contributed by atoms with Crippen molar-refractivity contribution >= 4 is 5.97 Å². The maximum absolute atomic E-state index is 11.1. The van der Waals surface area contributed by atoms with E-state index in [-0.39, 0.29) is 6.04 Å². The summed E-state index contributed by atoms with van der Waals surface area (Å²) in [5, 5.41) is 12.5. The first-order chi connectivity index (χ1) is 7.63. The maximum atomic E-state index is 11.1. The highest BCUT2D eigenvalue weighted by molar-refractivity contribution is 5.73. The molecule has 1 aliphatic rings. The van der Waals surface area contributed by atoms with Gasteiger partial charge in [-0.15, -0.1) is 0 Å². The lowest BCUT2D eigenvalue weighted by molar-refractivity contribution is -0.140. The molecule has 3 heteroatoms. The second-order valence-corrected chi connectivity index (χ2v) is 5.17. The molecule has 1 rings (SSSR count). The summed E-state index contributed by atoms with van der Waals surface area (Å²) in [6.07, 6.45) is 7.62. The van der Waals surface area contributed by atoms with Gasteiger partial charge in [-0.2, -0.15) is 0 Å². The molecule has 0 saturated heterocycles. The summed E-state index contributed by atoms with van der Waals surface area (Å²) in [7, 11) is 0. The average molecular weight is 227 g/mol. The number of carboxylic acids is 1. The van der Waals surface area contributed by atoms with E-state index in [2.05, 4.69) is 19.2 Å². The summed E-state index contributed by atoms with van der Waals surface area (Å²) < 4.78 is 0. The van der Waals surface area contributed by atoms with Crippen molar-refractivity contribution in [3.05, 3.63) is 0 Å². The van der Waals surface area contributed by atoms with E-state index in [9.17, 15) is 4.79 Å². The van der Waals surface area contributed by atoms with Crippen molar-refractivity contribution in [2.45, 2.75) is 70.9 Å². The molecule has 0 bridgehead atoms. The Kier molecular flexibility index (Phi) is 5.81. The fraction of sp³-hybridized carbons (Fsp3) is 0.923. The smallest absolute Gasteiger partial charge is 0.320 e. The van der Waals surface area contributed by atoms with Crippen LogP contribution >= 0.6 is 0 Å². The molecular formula is C13H25NO2. The van der Waals surface area contributed by atoms with Crippen LogP contribution in [0.25, 0.3) is 0 Å². The minimum atomic E-state index is -0.688. The number of unbranched alkanes of at least 4 members (excludes halogenated alkanes) is 1. The maximum Gasteiger partial charge on any atom is 0.320 e. The molecule has 0 spiro atoms. The Morgan fingerprint density at radius 3 is 2.81 bits per heavy atom. The zero-order chi connectivity index (χ0) is 12.0. The molecule has 1 fully saturated rings. The Morgan fingerprint density at radius 2 is 2.25 bits per heavy atom. The summed E-state index contributed by atoms with van der Waals surface area (Å²) in [4.78, 5) is 11.1. The van der Waals surface area contributed by atoms with Gasteiger partial charge in [-0.1, -0.05) is 39.5 Å². The van der Waals surface area contributed by atoms with Crippen molar-refractivity contribution in [3.63, 3.8) is 0 Å². The van der Waals surface area contributed by atoms with Crippen LogP contribution in [0, 0.1) is 5.92 Å². The normalized spacial score (nSPS) is 27.6. The van der Waals surface area contributed by atoms with Crippen molar-refractivity contribution in [1.29, 1.82) is 0 Å². The lowest BCUT2D eigenvalue weighted by Gasteiger charge is -2.30. The number of carbonyl (C=O) groups is 1. The number of aliphatic carboxylic acids is 1. The molecular weight excluding hydrogens is 202 g/mol. The second kappa shape index (κ2) is 6.89. The van der Waals surface area contributed by atoms with Gasteiger partial charge in [-0.25, -0.2) is 0 Å². The quantitative estimate of drug-likeness (QED) is 0.733. The zero-order valence-corrected chi connectivity index (χ0v) is 10.5. The molecule has 0 heterocycles. The SMILES string of the molecule is CCCCC(NC1CCCC(C)C1)C(=O)O. The van der Waals surface area contributed by atoms with Gasteiger partial charge in [-0.05, 0) is 25.2 Å². The summed E-state index contributed by atoms with van der Waals surface area (Å²) in [5.74, 6) is 0.0542. The molecule has 3 nitrogen and oxygen atoms in total. The molecule has 0 aliphatic heterocycles. The molecule has 16 heavy (non-hydrogen) atoms. The largest absolute Gasteiger partial charge is 0.480 e.